The molecule has 70 valence electrons. The molecule has 0 spiro atoms. The Morgan fingerprint density at radius 2 is 1.33 bits per heavy atom. The first-order chi connectivity index (χ1) is 5.57. The molecule has 2 aliphatic rings. The summed E-state index contributed by atoms with van der Waals surface area (Å²) in [4.78, 5) is 0. The summed E-state index contributed by atoms with van der Waals surface area (Å²) in [6.45, 7) is 7.23. The van der Waals surface area contributed by atoms with Gasteiger partial charge in [-0.15, -0.1) is 0 Å². The van der Waals surface area contributed by atoms with Gasteiger partial charge in [-0.2, -0.15) is 0 Å². The number of rotatable bonds is 0. The zero-order valence-corrected chi connectivity index (χ0v) is 8.77. The second-order valence-electron chi connectivity index (χ2n) is 5.97. The van der Waals surface area contributed by atoms with E-state index in [0.717, 1.165) is 17.8 Å². The minimum atomic E-state index is 0.566. The van der Waals surface area contributed by atoms with E-state index in [2.05, 4.69) is 20.8 Å². The van der Waals surface area contributed by atoms with Gasteiger partial charge in [-0.1, -0.05) is 20.8 Å². The van der Waals surface area contributed by atoms with Crippen LogP contribution in [-0.2, 0) is 0 Å². The lowest BCUT2D eigenvalue weighted by atomic mass is 9.76. The Bertz CT molecular complexity index is 151. The standard InChI is InChI=1S/C12H22/c1-12(2,3)11-6-4-9-8-10(9)5-7-11/h9-11H,4-8H2,1-3H3. The van der Waals surface area contributed by atoms with Crippen molar-refractivity contribution in [3.05, 3.63) is 0 Å². The number of hydrogen-bond acceptors (Lipinski definition) is 0. The smallest absolute Gasteiger partial charge is 0.0354 e. The average molecular weight is 166 g/mol. The lowest BCUT2D eigenvalue weighted by Gasteiger charge is -2.30. The Labute approximate surface area is 76.7 Å². The highest BCUT2D eigenvalue weighted by Crippen LogP contribution is 2.51. The van der Waals surface area contributed by atoms with Gasteiger partial charge >= 0.3 is 0 Å². The van der Waals surface area contributed by atoms with Gasteiger partial charge in [0.25, 0.3) is 0 Å². The summed E-state index contributed by atoms with van der Waals surface area (Å²) in [5.41, 5.74) is 0.566. The molecule has 0 heteroatoms. The van der Waals surface area contributed by atoms with Gasteiger partial charge in [0.2, 0.25) is 0 Å². The molecule has 2 saturated carbocycles. The van der Waals surface area contributed by atoms with Crippen molar-refractivity contribution >= 4 is 0 Å². The Hall–Kier alpha value is 0. The summed E-state index contributed by atoms with van der Waals surface area (Å²) >= 11 is 0. The van der Waals surface area contributed by atoms with Crippen LogP contribution < -0.4 is 0 Å². The Balaban J connectivity index is 1.92. The molecule has 2 rings (SSSR count). The fraction of sp³-hybridized carbons (Fsp3) is 1.00. The molecule has 0 N–H and O–H groups in total. The van der Waals surface area contributed by atoms with Crippen LogP contribution in [0.5, 0.6) is 0 Å². The average Bonchev–Trinajstić information content (AvgIpc) is 2.57. The van der Waals surface area contributed by atoms with Crippen molar-refractivity contribution in [3.63, 3.8) is 0 Å². The van der Waals surface area contributed by atoms with E-state index in [1.807, 2.05) is 0 Å². The van der Waals surface area contributed by atoms with Gasteiger partial charge in [0.15, 0.2) is 0 Å². The first kappa shape index (κ1) is 8.59. The van der Waals surface area contributed by atoms with Crippen LogP contribution in [0.15, 0.2) is 0 Å². The van der Waals surface area contributed by atoms with Crippen LogP contribution in [0, 0.1) is 23.2 Å². The van der Waals surface area contributed by atoms with Crippen LogP contribution in [0.3, 0.4) is 0 Å². The van der Waals surface area contributed by atoms with E-state index in [4.69, 9.17) is 0 Å². The first-order valence-corrected chi connectivity index (χ1v) is 5.57. The van der Waals surface area contributed by atoms with Crippen molar-refractivity contribution in [3.8, 4) is 0 Å². The molecule has 2 fully saturated rings. The van der Waals surface area contributed by atoms with Gasteiger partial charge in [-0.05, 0) is 55.3 Å². The van der Waals surface area contributed by atoms with E-state index in [0.29, 0.717) is 5.41 Å². The van der Waals surface area contributed by atoms with Crippen LogP contribution in [-0.4, -0.2) is 0 Å². The maximum atomic E-state index is 2.41. The van der Waals surface area contributed by atoms with Crippen LogP contribution in [0.25, 0.3) is 0 Å². The molecule has 0 aromatic rings. The molecule has 2 atom stereocenters. The van der Waals surface area contributed by atoms with Crippen molar-refractivity contribution in [2.75, 3.05) is 0 Å². The van der Waals surface area contributed by atoms with Gasteiger partial charge < -0.3 is 0 Å². The van der Waals surface area contributed by atoms with Crippen molar-refractivity contribution in [1.29, 1.82) is 0 Å². The van der Waals surface area contributed by atoms with E-state index in [-0.39, 0.29) is 0 Å². The highest BCUT2D eigenvalue weighted by molar-refractivity contribution is 4.91. The van der Waals surface area contributed by atoms with E-state index in [1.54, 1.807) is 6.42 Å². The monoisotopic (exact) mass is 166 g/mol. The lowest BCUT2D eigenvalue weighted by molar-refractivity contribution is 0.209. The Morgan fingerprint density at radius 3 is 1.75 bits per heavy atom. The van der Waals surface area contributed by atoms with Crippen LogP contribution in [0.4, 0.5) is 0 Å². The predicted octanol–water partition coefficient (Wildman–Crippen LogP) is 3.86. The minimum absolute atomic E-state index is 0.566. The topological polar surface area (TPSA) is 0 Å². The molecule has 0 heterocycles. The summed E-state index contributed by atoms with van der Waals surface area (Å²) in [7, 11) is 0. The molecule has 0 saturated heterocycles. The summed E-state index contributed by atoms with van der Waals surface area (Å²) in [6, 6.07) is 0. The van der Waals surface area contributed by atoms with Gasteiger partial charge in [0.05, 0.1) is 0 Å². The molecule has 2 aliphatic carbocycles. The fourth-order valence-electron chi connectivity index (χ4n) is 2.86. The van der Waals surface area contributed by atoms with Crippen molar-refractivity contribution in [1.82, 2.24) is 0 Å². The quantitative estimate of drug-likeness (QED) is 0.512. The second-order valence-corrected chi connectivity index (χ2v) is 5.97. The van der Waals surface area contributed by atoms with Crippen LogP contribution in [0.1, 0.15) is 52.9 Å². The van der Waals surface area contributed by atoms with Gasteiger partial charge in [0, 0.05) is 0 Å². The maximum absolute atomic E-state index is 2.41. The Morgan fingerprint density at radius 1 is 0.833 bits per heavy atom. The van der Waals surface area contributed by atoms with E-state index >= 15 is 0 Å². The van der Waals surface area contributed by atoms with Crippen LogP contribution in [0.2, 0.25) is 0 Å². The van der Waals surface area contributed by atoms with Crippen molar-refractivity contribution in [2.45, 2.75) is 52.9 Å². The highest BCUT2D eigenvalue weighted by Gasteiger charge is 2.40. The van der Waals surface area contributed by atoms with Gasteiger partial charge in [-0.25, -0.2) is 0 Å². The first-order valence-electron chi connectivity index (χ1n) is 5.57. The second kappa shape index (κ2) is 2.75. The molecule has 12 heavy (non-hydrogen) atoms. The summed E-state index contributed by atoms with van der Waals surface area (Å²) in [6.07, 6.45) is 7.64. The third-order valence-electron chi connectivity index (χ3n) is 4.07. The summed E-state index contributed by atoms with van der Waals surface area (Å²) in [5, 5.41) is 0. The lowest BCUT2D eigenvalue weighted by Crippen LogP contribution is -2.19. The molecule has 0 aromatic heterocycles. The molecule has 0 radical (unpaired) electrons. The Kier molecular flexibility index (Phi) is 1.97. The summed E-state index contributed by atoms with van der Waals surface area (Å²) < 4.78 is 0. The third-order valence-corrected chi connectivity index (χ3v) is 4.07. The highest BCUT2D eigenvalue weighted by atomic mass is 14.5. The van der Waals surface area contributed by atoms with Crippen molar-refractivity contribution < 1.29 is 0 Å². The fourth-order valence-corrected chi connectivity index (χ4v) is 2.86. The zero-order chi connectivity index (χ0) is 8.77. The van der Waals surface area contributed by atoms with Crippen molar-refractivity contribution in [2.24, 2.45) is 23.2 Å². The van der Waals surface area contributed by atoms with E-state index in [9.17, 15) is 0 Å². The van der Waals surface area contributed by atoms with Gasteiger partial charge in [-0.3, -0.25) is 0 Å². The molecular formula is C12H22. The molecule has 0 amide bonds. The third kappa shape index (κ3) is 1.67. The largest absolute Gasteiger partial charge is 0.0599 e. The van der Waals surface area contributed by atoms with Crippen LogP contribution >= 0.6 is 0 Å². The minimum Gasteiger partial charge on any atom is -0.0599 e. The molecule has 0 nitrogen and oxygen atoms in total. The predicted molar refractivity (Wildman–Crippen MR) is 53.0 cm³/mol. The number of hydrogen-bond donors (Lipinski definition) is 0. The van der Waals surface area contributed by atoms with E-state index in [1.165, 1.54) is 25.7 Å². The normalized spacial score (nSPS) is 41.8. The maximum Gasteiger partial charge on any atom is -0.0354 e. The zero-order valence-electron chi connectivity index (χ0n) is 8.77. The molecular weight excluding hydrogens is 144 g/mol. The molecule has 2 unspecified atom stereocenters. The summed E-state index contributed by atoms with van der Waals surface area (Å²) in [5.74, 6) is 3.31. The molecule has 0 aromatic carbocycles. The van der Waals surface area contributed by atoms with Gasteiger partial charge in [0.1, 0.15) is 0 Å². The molecule has 0 aliphatic heterocycles. The number of fused-ring (bicyclic) bond motifs is 1. The SMILES string of the molecule is CC(C)(C)C1CCC2CC2CC1. The van der Waals surface area contributed by atoms with E-state index < -0.39 is 0 Å². The molecule has 0 bridgehead atoms.